The van der Waals surface area contributed by atoms with Gasteiger partial charge < -0.3 is 10.6 Å². The highest BCUT2D eigenvalue weighted by atomic mass is 15.1. The molecule has 0 aliphatic heterocycles. The van der Waals surface area contributed by atoms with Crippen molar-refractivity contribution in [1.82, 2.24) is 0 Å². The second kappa shape index (κ2) is 9.49. The minimum absolute atomic E-state index is 0.134. The van der Waals surface area contributed by atoms with Crippen LogP contribution >= 0.6 is 0 Å². The maximum atomic E-state index is 3.81. The van der Waals surface area contributed by atoms with Gasteiger partial charge in [0.15, 0.2) is 0 Å². The van der Waals surface area contributed by atoms with E-state index in [2.05, 4.69) is 109 Å². The first-order chi connectivity index (χ1) is 13.1. The van der Waals surface area contributed by atoms with Gasteiger partial charge in [-0.3, -0.25) is 0 Å². The molecule has 0 fully saturated rings. The molecule has 0 saturated carbocycles. The average Bonchev–Trinajstić information content (AvgIpc) is 2.61. The number of rotatable bonds is 8. The normalized spacial score (nSPS) is 11.9. The molecule has 2 heteroatoms. The van der Waals surface area contributed by atoms with Crippen molar-refractivity contribution in [3.63, 3.8) is 0 Å². The first-order valence-corrected chi connectivity index (χ1v) is 10.9. The number of para-hydroxylation sites is 2. The Morgan fingerprint density at radius 2 is 0.714 bits per heavy atom. The summed E-state index contributed by atoms with van der Waals surface area (Å²) in [6.07, 6.45) is 0.134. The van der Waals surface area contributed by atoms with Crippen LogP contribution in [0.3, 0.4) is 0 Å². The zero-order valence-electron chi connectivity index (χ0n) is 19.4. The van der Waals surface area contributed by atoms with E-state index in [-0.39, 0.29) is 6.17 Å². The maximum absolute atomic E-state index is 3.81. The minimum atomic E-state index is 0.134. The van der Waals surface area contributed by atoms with Crippen LogP contribution in [0.1, 0.15) is 108 Å². The third kappa shape index (κ3) is 5.10. The highest BCUT2D eigenvalue weighted by Gasteiger charge is 2.18. The molecule has 2 N–H and O–H groups in total. The molecule has 0 unspecified atom stereocenters. The van der Waals surface area contributed by atoms with E-state index in [1.54, 1.807) is 0 Å². The van der Waals surface area contributed by atoms with Gasteiger partial charge in [0.1, 0.15) is 0 Å². The van der Waals surface area contributed by atoms with E-state index in [1.807, 2.05) is 0 Å². The first kappa shape index (κ1) is 22.3. The van der Waals surface area contributed by atoms with Gasteiger partial charge in [-0.25, -0.2) is 0 Å². The van der Waals surface area contributed by atoms with Crippen molar-refractivity contribution < 1.29 is 0 Å². The van der Waals surface area contributed by atoms with Crippen molar-refractivity contribution in [1.29, 1.82) is 0 Å². The van der Waals surface area contributed by atoms with Crippen molar-refractivity contribution in [2.45, 2.75) is 92.2 Å². The maximum Gasteiger partial charge on any atom is 0.0934 e. The van der Waals surface area contributed by atoms with Gasteiger partial charge >= 0.3 is 0 Å². The Bertz CT molecular complexity index is 654. The molecule has 0 bridgehead atoms. The zero-order valence-corrected chi connectivity index (χ0v) is 19.4. The largest absolute Gasteiger partial charge is 0.365 e. The van der Waals surface area contributed by atoms with Gasteiger partial charge in [0, 0.05) is 11.4 Å². The lowest BCUT2D eigenvalue weighted by Crippen LogP contribution is -2.28. The molecule has 0 spiro atoms. The number of nitrogens with one attached hydrogen (secondary N) is 2. The number of hydrogen-bond donors (Lipinski definition) is 2. The Kier molecular flexibility index (Phi) is 7.57. The van der Waals surface area contributed by atoms with Crippen LogP contribution < -0.4 is 10.6 Å². The van der Waals surface area contributed by atoms with Gasteiger partial charge in [-0.2, -0.15) is 0 Å². The summed E-state index contributed by atoms with van der Waals surface area (Å²) >= 11 is 0. The van der Waals surface area contributed by atoms with Crippen molar-refractivity contribution in [2.75, 3.05) is 10.6 Å². The molecule has 0 aliphatic carbocycles. The zero-order chi connectivity index (χ0) is 21.0. The Hall–Kier alpha value is -1.96. The van der Waals surface area contributed by atoms with E-state index in [9.17, 15) is 0 Å². The molecule has 0 aromatic heterocycles. The smallest absolute Gasteiger partial charge is 0.0934 e. The molecule has 28 heavy (non-hydrogen) atoms. The average molecular weight is 381 g/mol. The lowest BCUT2D eigenvalue weighted by molar-refractivity contribution is 0.804. The predicted octanol–water partition coefficient (Wildman–Crippen LogP) is 8.05. The third-order valence-electron chi connectivity index (χ3n) is 5.47. The molecule has 0 saturated heterocycles. The van der Waals surface area contributed by atoms with Crippen LogP contribution in [0.25, 0.3) is 0 Å². The predicted molar refractivity (Wildman–Crippen MR) is 126 cm³/mol. The second-order valence-electron chi connectivity index (χ2n) is 9.25. The van der Waals surface area contributed by atoms with E-state index >= 15 is 0 Å². The van der Waals surface area contributed by atoms with Crippen LogP contribution in [0.4, 0.5) is 11.4 Å². The van der Waals surface area contributed by atoms with Gasteiger partial charge in [-0.1, -0.05) is 91.8 Å². The molecule has 2 nitrogen and oxygen atoms in total. The number of hydrogen-bond acceptors (Lipinski definition) is 2. The lowest BCUT2D eigenvalue weighted by Gasteiger charge is -2.28. The SMILES string of the molecule is CC(Nc1c(C(C)C)cccc1C(C)C)Nc1c(C(C)C)cccc1C(C)C. The minimum Gasteiger partial charge on any atom is -0.365 e. The van der Waals surface area contributed by atoms with Crippen LogP contribution in [-0.2, 0) is 0 Å². The van der Waals surface area contributed by atoms with E-state index in [4.69, 9.17) is 0 Å². The molecule has 0 heterocycles. The van der Waals surface area contributed by atoms with Gasteiger partial charge in [-0.05, 0) is 52.8 Å². The Morgan fingerprint density at radius 1 is 0.464 bits per heavy atom. The highest BCUT2D eigenvalue weighted by Crippen LogP contribution is 2.35. The standard InChI is InChI=1S/C26H40N2/c1-16(2)21-12-10-13-22(17(3)4)25(21)27-20(9)28-26-23(18(5)6)14-11-15-24(26)19(7)8/h10-20,27-28H,1-9H3. The summed E-state index contributed by atoms with van der Waals surface area (Å²) in [6, 6.07) is 13.4. The summed E-state index contributed by atoms with van der Waals surface area (Å²) in [6.45, 7) is 20.4. The molecule has 0 amide bonds. The molecule has 2 aromatic carbocycles. The Balaban J connectivity index is 2.40. The molecule has 2 rings (SSSR count). The van der Waals surface area contributed by atoms with Gasteiger partial charge in [0.05, 0.1) is 6.17 Å². The molecular weight excluding hydrogens is 340 g/mol. The summed E-state index contributed by atoms with van der Waals surface area (Å²) < 4.78 is 0. The van der Waals surface area contributed by atoms with E-state index in [0.29, 0.717) is 23.7 Å². The van der Waals surface area contributed by atoms with E-state index in [1.165, 1.54) is 33.6 Å². The second-order valence-corrected chi connectivity index (χ2v) is 9.25. The van der Waals surface area contributed by atoms with Gasteiger partial charge in [0.2, 0.25) is 0 Å². The van der Waals surface area contributed by atoms with Crippen LogP contribution in [0, 0.1) is 0 Å². The van der Waals surface area contributed by atoms with Gasteiger partial charge in [0.25, 0.3) is 0 Å². The topological polar surface area (TPSA) is 24.1 Å². The quantitative estimate of drug-likeness (QED) is 0.453. The summed E-state index contributed by atoms with van der Waals surface area (Å²) in [7, 11) is 0. The van der Waals surface area contributed by atoms with Gasteiger partial charge in [-0.15, -0.1) is 0 Å². The number of benzene rings is 2. The van der Waals surface area contributed by atoms with Crippen LogP contribution in [0.15, 0.2) is 36.4 Å². The Morgan fingerprint density at radius 3 is 0.929 bits per heavy atom. The molecule has 2 aromatic rings. The van der Waals surface area contributed by atoms with Crippen LogP contribution in [-0.4, -0.2) is 6.17 Å². The summed E-state index contributed by atoms with van der Waals surface area (Å²) in [4.78, 5) is 0. The number of anilines is 2. The molecule has 154 valence electrons. The summed E-state index contributed by atoms with van der Waals surface area (Å²) in [5, 5.41) is 7.62. The summed E-state index contributed by atoms with van der Waals surface area (Å²) in [5.41, 5.74) is 8.14. The molecular formula is C26H40N2. The fraction of sp³-hybridized carbons (Fsp3) is 0.538. The van der Waals surface area contributed by atoms with Crippen molar-refractivity contribution in [2.24, 2.45) is 0 Å². The first-order valence-electron chi connectivity index (χ1n) is 10.9. The van der Waals surface area contributed by atoms with E-state index in [0.717, 1.165) is 0 Å². The fourth-order valence-electron chi connectivity index (χ4n) is 3.90. The highest BCUT2D eigenvalue weighted by molar-refractivity contribution is 5.64. The third-order valence-corrected chi connectivity index (χ3v) is 5.47. The van der Waals surface area contributed by atoms with Crippen molar-refractivity contribution in [3.05, 3.63) is 58.7 Å². The molecule has 0 radical (unpaired) electrons. The fourth-order valence-corrected chi connectivity index (χ4v) is 3.90. The van der Waals surface area contributed by atoms with E-state index < -0.39 is 0 Å². The lowest BCUT2D eigenvalue weighted by atomic mass is 9.92. The molecule has 0 atom stereocenters. The Labute approximate surface area is 173 Å². The van der Waals surface area contributed by atoms with Crippen molar-refractivity contribution in [3.8, 4) is 0 Å². The van der Waals surface area contributed by atoms with Crippen molar-refractivity contribution >= 4 is 11.4 Å². The monoisotopic (exact) mass is 380 g/mol. The van der Waals surface area contributed by atoms with Crippen LogP contribution in [0.2, 0.25) is 0 Å². The van der Waals surface area contributed by atoms with Crippen LogP contribution in [0.5, 0.6) is 0 Å². The molecule has 0 aliphatic rings. The summed E-state index contributed by atoms with van der Waals surface area (Å²) in [5.74, 6) is 1.95.